The first-order chi connectivity index (χ1) is 10.8. The summed E-state index contributed by atoms with van der Waals surface area (Å²) in [6.45, 7) is 6.47. The molecule has 1 rings (SSSR count). The quantitative estimate of drug-likeness (QED) is 0.685. The van der Waals surface area contributed by atoms with Gasteiger partial charge in [0.05, 0.1) is 18.2 Å². The maximum atomic E-state index is 13.5. The van der Waals surface area contributed by atoms with E-state index in [1.165, 1.54) is 6.07 Å². The zero-order chi connectivity index (χ0) is 17.4. The first-order valence-corrected chi connectivity index (χ1v) is 7.55. The molecule has 1 aromatic rings. The van der Waals surface area contributed by atoms with Crippen molar-refractivity contribution in [3.8, 4) is 0 Å². The number of ether oxygens (including phenoxy) is 1. The molecule has 7 heteroatoms. The van der Waals surface area contributed by atoms with Crippen LogP contribution in [0.1, 0.15) is 32.4 Å². The van der Waals surface area contributed by atoms with Crippen molar-refractivity contribution in [1.82, 2.24) is 10.6 Å². The molecular formula is C16H24F2N2O3. The number of hydrogen-bond donors (Lipinski definition) is 3. The van der Waals surface area contributed by atoms with Crippen LogP contribution in [-0.2, 0) is 4.74 Å². The molecule has 0 aliphatic heterocycles. The molecule has 0 saturated heterocycles. The highest BCUT2D eigenvalue weighted by molar-refractivity contribution is 5.74. The number of nitrogens with one attached hydrogen (secondary N) is 2. The molecular weight excluding hydrogens is 306 g/mol. The molecule has 0 aliphatic rings. The van der Waals surface area contributed by atoms with E-state index in [9.17, 15) is 18.7 Å². The lowest BCUT2D eigenvalue weighted by molar-refractivity contribution is 0.0950. The molecule has 0 fully saturated rings. The lowest BCUT2D eigenvalue weighted by Gasteiger charge is -2.17. The Labute approximate surface area is 135 Å². The third kappa shape index (κ3) is 6.92. The summed E-state index contributed by atoms with van der Waals surface area (Å²) in [4.78, 5) is 11.7. The number of aliphatic hydroxyl groups excluding tert-OH is 1. The van der Waals surface area contributed by atoms with E-state index >= 15 is 0 Å². The van der Waals surface area contributed by atoms with Crippen molar-refractivity contribution >= 4 is 6.03 Å². The normalized spacial score (nSPS) is 13.7. The summed E-state index contributed by atoms with van der Waals surface area (Å²) in [6.07, 6.45) is -1.46. The molecule has 1 aromatic carbocycles. The molecule has 2 atom stereocenters. The molecule has 0 heterocycles. The van der Waals surface area contributed by atoms with Gasteiger partial charge in [-0.25, -0.2) is 13.6 Å². The van der Waals surface area contributed by atoms with E-state index in [0.717, 1.165) is 12.1 Å². The fourth-order valence-corrected chi connectivity index (χ4v) is 1.92. The smallest absolute Gasteiger partial charge is 0.315 e. The van der Waals surface area contributed by atoms with Gasteiger partial charge in [-0.15, -0.1) is 0 Å². The standard InChI is InChI=1S/C16H24F2N2O3/c1-10(2)8-23-9-11(3)20-16(22)19-7-14(21)15-12(17)5-4-6-13(15)18/h4-6,10-11,14,21H,7-9H2,1-3H3,(H2,19,20,22)/t11-,14-/m0/s1. The molecule has 2 amide bonds. The Bertz CT molecular complexity index is 492. The second kappa shape index (κ2) is 9.42. The minimum atomic E-state index is -1.46. The summed E-state index contributed by atoms with van der Waals surface area (Å²) in [5, 5.41) is 14.8. The van der Waals surface area contributed by atoms with E-state index in [0.29, 0.717) is 19.1 Å². The molecule has 0 aromatic heterocycles. The number of aliphatic hydroxyl groups is 1. The molecule has 0 unspecified atom stereocenters. The third-order valence-corrected chi connectivity index (χ3v) is 2.99. The van der Waals surface area contributed by atoms with Crippen LogP contribution in [0.5, 0.6) is 0 Å². The molecule has 5 nitrogen and oxygen atoms in total. The number of carbonyl (C=O) groups excluding carboxylic acids is 1. The van der Waals surface area contributed by atoms with Crippen LogP contribution in [0.4, 0.5) is 13.6 Å². The number of benzene rings is 1. The monoisotopic (exact) mass is 330 g/mol. The van der Waals surface area contributed by atoms with Gasteiger partial charge in [0, 0.05) is 13.2 Å². The van der Waals surface area contributed by atoms with Crippen molar-refractivity contribution < 1.29 is 23.4 Å². The molecule has 0 saturated carbocycles. The number of urea groups is 1. The fraction of sp³-hybridized carbons (Fsp3) is 0.562. The van der Waals surface area contributed by atoms with Crippen molar-refractivity contribution in [2.75, 3.05) is 19.8 Å². The third-order valence-electron chi connectivity index (χ3n) is 2.99. The van der Waals surface area contributed by atoms with Crippen molar-refractivity contribution in [3.63, 3.8) is 0 Å². The Morgan fingerprint density at radius 3 is 2.39 bits per heavy atom. The van der Waals surface area contributed by atoms with Crippen LogP contribution in [0.3, 0.4) is 0 Å². The first kappa shape index (κ1) is 19.3. The van der Waals surface area contributed by atoms with Gasteiger partial charge in [-0.3, -0.25) is 0 Å². The molecule has 3 N–H and O–H groups in total. The van der Waals surface area contributed by atoms with E-state index < -0.39 is 29.3 Å². The van der Waals surface area contributed by atoms with Crippen molar-refractivity contribution in [3.05, 3.63) is 35.4 Å². The number of rotatable bonds is 8. The highest BCUT2D eigenvalue weighted by Gasteiger charge is 2.18. The Morgan fingerprint density at radius 1 is 1.22 bits per heavy atom. The number of hydrogen-bond acceptors (Lipinski definition) is 3. The van der Waals surface area contributed by atoms with Gasteiger partial charge in [-0.2, -0.15) is 0 Å². The minimum Gasteiger partial charge on any atom is -0.386 e. The maximum Gasteiger partial charge on any atom is 0.315 e. The maximum absolute atomic E-state index is 13.5. The van der Waals surface area contributed by atoms with Crippen molar-refractivity contribution in [1.29, 1.82) is 0 Å². The van der Waals surface area contributed by atoms with Crippen LogP contribution in [0.15, 0.2) is 18.2 Å². The lowest BCUT2D eigenvalue weighted by atomic mass is 10.1. The van der Waals surface area contributed by atoms with E-state index in [-0.39, 0.29) is 12.6 Å². The van der Waals surface area contributed by atoms with Gasteiger partial charge < -0.3 is 20.5 Å². The zero-order valence-corrected chi connectivity index (χ0v) is 13.6. The van der Waals surface area contributed by atoms with Gasteiger partial charge in [0.25, 0.3) is 0 Å². The van der Waals surface area contributed by atoms with Gasteiger partial charge >= 0.3 is 6.03 Å². The first-order valence-electron chi connectivity index (χ1n) is 7.55. The van der Waals surface area contributed by atoms with E-state index in [1.54, 1.807) is 6.92 Å². The fourth-order valence-electron chi connectivity index (χ4n) is 1.92. The summed E-state index contributed by atoms with van der Waals surface area (Å²) in [7, 11) is 0. The van der Waals surface area contributed by atoms with Crippen molar-refractivity contribution in [2.24, 2.45) is 5.92 Å². The highest BCUT2D eigenvalue weighted by atomic mass is 19.1. The average molecular weight is 330 g/mol. The molecule has 130 valence electrons. The minimum absolute atomic E-state index is 0.226. The summed E-state index contributed by atoms with van der Waals surface area (Å²) >= 11 is 0. The van der Waals surface area contributed by atoms with Gasteiger partial charge in [0.1, 0.15) is 17.7 Å². The summed E-state index contributed by atoms with van der Waals surface area (Å²) in [5.41, 5.74) is -0.457. The second-order valence-electron chi connectivity index (χ2n) is 5.84. The Morgan fingerprint density at radius 2 is 1.83 bits per heavy atom. The summed E-state index contributed by atoms with van der Waals surface area (Å²) < 4.78 is 32.4. The summed E-state index contributed by atoms with van der Waals surface area (Å²) in [6, 6.07) is 2.54. The van der Waals surface area contributed by atoms with Crippen LogP contribution in [0.25, 0.3) is 0 Å². The predicted molar refractivity (Wildman–Crippen MR) is 83.0 cm³/mol. The van der Waals surface area contributed by atoms with Crippen LogP contribution in [-0.4, -0.2) is 36.9 Å². The van der Waals surface area contributed by atoms with Gasteiger partial charge in [0.2, 0.25) is 0 Å². The Hall–Kier alpha value is -1.73. The largest absolute Gasteiger partial charge is 0.386 e. The molecule has 0 aliphatic carbocycles. The molecule has 0 spiro atoms. The lowest BCUT2D eigenvalue weighted by Crippen LogP contribution is -2.44. The molecule has 0 bridgehead atoms. The Kier molecular flexibility index (Phi) is 7.91. The van der Waals surface area contributed by atoms with Gasteiger partial charge in [-0.1, -0.05) is 19.9 Å². The molecule has 0 radical (unpaired) electrons. The zero-order valence-electron chi connectivity index (χ0n) is 13.6. The topological polar surface area (TPSA) is 70.6 Å². The predicted octanol–water partition coefficient (Wildman–Crippen LogP) is 2.36. The van der Waals surface area contributed by atoms with Gasteiger partial charge in [0.15, 0.2) is 0 Å². The SMILES string of the molecule is CC(C)COC[C@H](C)NC(=O)NC[C@H](O)c1c(F)cccc1F. The second-order valence-corrected chi connectivity index (χ2v) is 5.84. The van der Waals surface area contributed by atoms with E-state index in [4.69, 9.17) is 4.74 Å². The van der Waals surface area contributed by atoms with Crippen molar-refractivity contribution in [2.45, 2.75) is 32.9 Å². The van der Waals surface area contributed by atoms with Crippen LogP contribution < -0.4 is 10.6 Å². The number of carbonyl (C=O) groups is 1. The van der Waals surface area contributed by atoms with Crippen LogP contribution in [0, 0.1) is 17.6 Å². The van der Waals surface area contributed by atoms with E-state index in [2.05, 4.69) is 10.6 Å². The van der Waals surface area contributed by atoms with Crippen LogP contribution in [0.2, 0.25) is 0 Å². The number of amides is 2. The number of halogens is 2. The molecule has 23 heavy (non-hydrogen) atoms. The van der Waals surface area contributed by atoms with E-state index in [1.807, 2.05) is 13.8 Å². The highest BCUT2D eigenvalue weighted by Crippen LogP contribution is 2.19. The Balaban J connectivity index is 2.38. The van der Waals surface area contributed by atoms with Gasteiger partial charge in [-0.05, 0) is 25.0 Å². The summed E-state index contributed by atoms with van der Waals surface area (Å²) in [5.74, 6) is -1.30. The average Bonchev–Trinajstić information content (AvgIpc) is 2.44. The van der Waals surface area contributed by atoms with Crippen LogP contribution >= 0.6 is 0 Å².